The van der Waals surface area contributed by atoms with Gasteiger partial charge in [-0.3, -0.25) is 9.59 Å². The number of nitrogens with one attached hydrogen (secondary N) is 2. The molecule has 0 spiro atoms. The van der Waals surface area contributed by atoms with Gasteiger partial charge in [-0.15, -0.1) is 0 Å². The summed E-state index contributed by atoms with van der Waals surface area (Å²) in [6, 6.07) is 3.70. The minimum atomic E-state index is -0.983. The monoisotopic (exact) mass is 530 g/mol. The molecule has 2 aliphatic rings. The summed E-state index contributed by atoms with van der Waals surface area (Å²) < 4.78 is 33.1. The first-order valence-corrected chi connectivity index (χ1v) is 12.9. The second-order valence-electron chi connectivity index (χ2n) is 11.0. The Morgan fingerprint density at radius 2 is 1.89 bits per heavy atom. The van der Waals surface area contributed by atoms with Crippen molar-refractivity contribution in [2.75, 3.05) is 31.6 Å². The summed E-state index contributed by atoms with van der Waals surface area (Å²) in [5, 5.41) is 5.87. The normalized spacial score (nSPS) is 22.7. The molecule has 0 saturated carbocycles. The zero-order valence-corrected chi connectivity index (χ0v) is 22.4. The number of benzene rings is 1. The third kappa shape index (κ3) is 5.72. The lowest BCUT2D eigenvalue weighted by Crippen LogP contribution is -2.59. The van der Waals surface area contributed by atoms with Gasteiger partial charge in [0, 0.05) is 37.5 Å². The number of halogens is 2. The molecule has 2 aliphatic heterocycles. The molecule has 1 aromatic heterocycles. The van der Waals surface area contributed by atoms with Crippen molar-refractivity contribution in [1.82, 2.24) is 25.5 Å². The van der Waals surface area contributed by atoms with E-state index in [0.717, 1.165) is 12.1 Å². The number of nitrogens with zero attached hydrogens (tertiary/aromatic N) is 4. The van der Waals surface area contributed by atoms with Crippen LogP contribution in [-0.4, -0.2) is 77.6 Å². The van der Waals surface area contributed by atoms with Gasteiger partial charge in [0.25, 0.3) is 0 Å². The molecule has 0 aliphatic carbocycles. The van der Waals surface area contributed by atoms with Crippen LogP contribution >= 0.6 is 0 Å². The van der Waals surface area contributed by atoms with E-state index in [4.69, 9.17) is 4.74 Å². The number of aromatic nitrogens is 2. The van der Waals surface area contributed by atoms with E-state index >= 15 is 0 Å². The Labute approximate surface area is 222 Å². The average Bonchev–Trinajstić information content (AvgIpc) is 3.48. The van der Waals surface area contributed by atoms with Gasteiger partial charge in [-0.2, -0.15) is 0 Å². The molecule has 2 amide bonds. The molecule has 2 aromatic rings. The Morgan fingerprint density at radius 1 is 1.18 bits per heavy atom. The number of likely N-dealkylation sites (tertiary alicyclic amines) is 1. The van der Waals surface area contributed by atoms with Crippen LogP contribution in [0.1, 0.15) is 34.1 Å². The number of likely N-dealkylation sites (N-methyl/N-ethyl adjacent to an activating group) is 1. The fourth-order valence-electron chi connectivity index (χ4n) is 5.26. The average molecular weight is 531 g/mol. The lowest BCUT2D eigenvalue weighted by molar-refractivity contribution is -0.141. The highest BCUT2D eigenvalue weighted by molar-refractivity contribution is 5.90. The second-order valence-corrected chi connectivity index (χ2v) is 11.0. The fraction of sp³-hybridized carbons (Fsp3) is 0.556. The summed E-state index contributed by atoms with van der Waals surface area (Å²) in [4.78, 5) is 39.6. The van der Waals surface area contributed by atoms with E-state index in [2.05, 4.69) is 25.5 Å². The summed E-state index contributed by atoms with van der Waals surface area (Å²) >= 11 is 0. The van der Waals surface area contributed by atoms with Crippen LogP contribution in [0.25, 0.3) is 0 Å². The van der Waals surface area contributed by atoms with E-state index in [-0.39, 0.29) is 42.2 Å². The SMILES string of the molecule is CN[C@@H](C)C(=O)N[C@H](C(=O)N1CC[C@@H]2[C@H]1[C@@H](COc1ccc(F)c(F)c1)CN2c1ncccn1)C(C)(C)C. The molecule has 1 aromatic carbocycles. The predicted molar refractivity (Wildman–Crippen MR) is 139 cm³/mol. The first kappa shape index (κ1) is 27.7. The lowest BCUT2D eigenvalue weighted by atomic mass is 9.85. The number of carbonyl (C=O) groups excluding carboxylic acids is 2. The quantitative estimate of drug-likeness (QED) is 0.541. The topological polar surface area (TPSA) is 99.7 Å². The summed E-state index contributed by atoms with van der Waals surface area (Å²) in [6.07, 6.45) is 4.05. The van der Waals surface area contributed by atoms with Crippen molar-refractivity contribution in [1.29, 1.82) is 0 Å². The Balaban J connectivity index is 1.60. The standard InChI is InChI=1S/C27H36F2N6O3/c1-16(30-5)24(36)33-23(27(2,3)4)25(37)34-12-9-21-22(34)17(14-35(21)26-31-10-6-11-32-26)15-38-18-7-8-19(28)20(29)13-18/h6-8,10-11,13,16-17,21-23,30H,9,12,14-15H2,1-5H3,(H,33,36)/t16-,17+,21+,22+,23+/m0/s1. The van der Waals surface area contributed by atoms with Crippen molar-refractivity contribution < 1.29 is 23.1 Å². The number of amides is 2. The van der Waals surface area contributed by atoms with Gasteiger partial charge in [0.2, 0.25) is 17.8 Å². The van der Waals surface area contributed by atoms with Gasteiger partial charge in [-0.05, 0) is 44.0 Å². The highest BCUT2D eigenvalue weighted by Gasteiger charge is 2.53. The molecule has 3 heterocycles. The van der Waals surface area contributed by atoms with Gasteiger partial charge in [-0.25, -0.2) is 18.7 Å². The van der Waals surface area contributed by atoms with Crippen LogP contribution in [0.2, 0.25) is 0 Å². The van der Waals surface area contributed by atoms with Crippen LogP contribution in [0.15, 0.2) is 36.7 Å². The largest absolute Gasteiger partial charge is 0.493 e. The minimum Gasteiger partial charge on any atom is -0.493 e. The van der Waals surface area contributed by atoms with Gasteiger partial charge >= 0.3 is 0 Å². The fourth-order valence-corrected chi connectivity index (χ4v) is 5.26. The van der Waals surface area contributed by atoms with E-state index in [9.17, 15) is 18.4 Å². The minimum absolute atomic E-state index is 0.0487. The van der Waals surface area contributed by atoms with Crippen molar-refractivity contribution in [2.24, 2.45) is 11.3 Å². The Kier molecular flexibility index (Phi) is 8.15. The molecular formula is C27H36F2N6O3. The number of ether oxygens (including phenoxy) is 1. The van der Waals surface area contributed by atoms with Crippen LogP contribution in [0.4, 0.5) is 14.7 Å². The van der Waals surface area contributed by atoms with Gasteiger partial charge in [-0.1, -0.05) is 20.8 Å². The molecular weight excluding hydrogens is 494 g/mol. The molecule has 0 bridgehead atoms. The van der Waals surface area contributed by atoms with E-state index < -0.39 is 29.1 Å². The first-order chi connectivity index (χ1) is 18.0. The van der Waals surface area contributed by atoms with Crippen LogP contribution in [-0.2, 0) is 9.59 Å². The molecule has 206 valence electrons. The number of carbonyl (C=O) groups is 2. The Morgan fingerprint density at radius 3 is 2.53 bits per heavy atom. The smallest absolute Gasteiger partial charge is 0.246 e. The maximum absolute atomic E-state index is 14.0. The molecule has 0 radical (unpaired) electrons. The summed E-state index contributed by atoms with van der Waals surface area (Å²) in [6.45, 7) is 8.73. The lowest BCUT2D eigenvalue weighted by Gasteiger charge is -2.37. The van der Waals surface area contributed by atoms with Crippen molar-refractivity contribution in [3.63, 3.8) is 0 Å². The van der Waals surface area contributed by atoms with Crippen LogP contribution in [0.5, 0.6) is 5.75 Å². The number of hydrogen-bond acceptors (Lipinski definition) is 7. The Hall–Kier alpha value is -3.34. The molecule has 38 heavy (non-hydrogen) atoms. The van der Waals surface area contributed by atoms with Gasteiger partial charge in [0.1, 0.15) is 11.8 Å². The maximum Gasteiger partial charge on any atom is 0.246 e. The van der Waals surface area contributed by atoms with Crippen LogP contribution in [0, 0.1) is 23.0 Å². The zero-order valence-electron chi connectivity index (χ0n) is 22.4. The Bertz CT molecular complexity index is 1150. The molecule has 2 N–H and O–H groups in total. The van der Waals surface area contributed by atoms with Gasteiger partial charge < -0.3 is 25.2 Å². The van der Waals surface area contributed by atoms with Crippen LogP contribution in [0.3, 0.4) is 0 Å². The molecule has 5 atom stereocenters. The highest BCUT2D eigenvalue weighted by Crippen LogP contribution is 2.39. The maximum atomic E-state index is 14.0. The summed E-state index contributed by atoms with van der Waals surface area (Å²) in [5.74, 6) is -1.71. The molecule has 9 nitrogen and oxygen atoms in total. The van der Waals surface area contributed by atoms with E-state index in [0.29, 0.717) is 25.5 Å². The third-order valence-corrected chi connectivity index (χ3v) is 7.41. The summed E-state index contributed by atoms with van der Waals surface area (Å²) in [7, 11) is 1.69. The number of rotatable bonds is 8. The molecule has 11 heteroatoms. The summed E-state index contributed by atoms with van der Waals surface area (Å²) in [5.41, 5.74) is -0.531. The molecule has 2 fully saturated rings. The van der Waals surface area contributed by atoms with Gasteiger partial charge in [0.15, 0.2) is 11.6 Å². The van der Waals surface area contributed by atoms with Gasteiger partial charge in [0.05, 0.1) is 24.7 Å². The zero-order chi connectivity index (χ0) is 27.6. The molecule has 2 saturated heterocycles. The van der Waals surface area contributed by atoms with Crippen molar-refractivity contribution in [3.8, 4) is 5.75 Å². The predicted octanol–water partition coefficient (Wildman–Crippen LogP) is 2.38. The van der Waals surface area contributed by atoms with E-state index in [1.165, 1.54) is 6.07 Å². The highest BCUT2D eigenvalue weighted by atomic mass is 19.2. The van der Waals surface area contributed by atoms with Crippen molar-refractivity contribution in [3.05, 3.63) is 48.3 Å². The van der Waals surface area contributed by atoms with E-state index in [1.807, 2.05) is 25.7 Å². The van der Waals surface area contributed by atoms with Crippen molar-refractivity contribution >= 4 is 17.8 Å². The van der Waals surface area contributed by atoms with E-state index in [1.54, 1.807) is 32.4 Å². The number of hydrogen-bond donors (Lipinski definition) is 2. The number of fused-ring (bicyclic) bond motifs is 1. The number of anilines is 1. The van der Waals surface area contributed by atoms with Crippen molar-refractivity contribution in [2.45, 2.75) is 58.3 Å². The molecule has 4 rings (SSSR count). The second kappa shape index (κ2) is 11.2. The first-order valence-electron chi connectivity index (χ1n) is 12.9. The third-order valence-electron chi connectivity index (χ3n) is 7.41. The van der Waals surface area contributed by atoms with Crippen LogP contribution < -0.4 is 20.3 Å². The molecule has 0 unspecified atom stereocenters.